The van der Waals surface area contributed by atoms with E-state index in [1.807, 2.05) is 26.0 Å². The standard InChI is InChI=1S/C20H19ClFN3O2/c1-3-26-17-8-11-7-14-19(13(11)10-18(17)27-4-2)24-25-20(14)23-12-5-6-16(22)15(21)9-12/h5-10,23-25H,3-4H2,1-2H3. The number of rotatable bonds is 6. The number of ether oxygens (including phenoxy) is 2. The maximum atomic E-state index is 13.4. The van der Waals surface area contributed by atoms with Gasteiger partial charge in [-0.05, 0) is 55.6 Å². The van der Waals surface area contributed by atoms with Crippen LogP contribution in [0.3, 0.4) is 0 Å². The predicted octanol–water partition coefficient (Wildman–Crippen LogP) is 5.93. The van der Waals surface area contributed by atoms with Gasteiger partial charge >= 0.3 is 0 Å². The summed E-state index contributed by atoms with van der Waals surface area (Å²) in [7, 11) is 0. The molecule has 0 spiro atoms. The van der Waals surface area contributed by atoms with Crippen LogP contribution in [0.5, 0.6) is 11.5 Å². The number of hydrogen-bond donors (Lipinski definition) is 3. The minimum absolute atomic E-state index is 0.0714. The Hall–Kier alpha value is -2.86. The van der Waals surface area contributed by atoms with Crippen LogP contribution in [0.25, 0.3) is 22.0 Å². The lowest BCUT2D eigenvalue weighted by Crippen LogP contribution is -1.98. The molecule has 0 amide bonds. The van der Waals surface area contributed by atoms with Crippen LogP contribution < -0.4 is 14.8 Å². The SMILES string of the molecule is CCOc1cc2cc3c(Nc4ccc(F)c(Cl)c4)[nH][nH]c-3c2cc1OCC. The number of nitrogens with one attached hydrogen (secondary N) is 3. The molecule has 0 aromatic heterocycles. The van der Waals surface area contributed by atoms with E-state index >= 15 is 0 Å². The molecule has 2 aromatic carbocycles. The van der Waals surface area contributed by atoms with Crippen LogP contribution in [-0.2, 0) is 0 Å². The van der Waals surface area contributed by atoms with Gasteiger partial charge in [-0.1, -0.05) is 11.6 Å². The van der Waals surface area contributed by atoms with Crippen molar-refractivity contribution < 1.29 is 13.9 Å². The number of halogens is 2. The summed E-state index contributed by atoms with van der Waals surface area (Å²) >= 11 is 5.87. The number of aromatic amines is 2. The lowest BCUT2D eigenvalue weighted by molar-refractivity contribution is 0.288. The fourth-order valence-electron chi connectivity index (χ4n) is 3.16. The first-order chi connectivity index (χ1) is 13.1. The molecule has 7 heteroatoms. The molecule has 0 bridgehead atoms. The molecule has 0 unspecified atom stereocenters. The maximum absolute atomic E-state index is 13.4. The third-order valence-corrected chi connectivity index (χ3v) is 4.61. The van der Waals surface area contributed by atoms with Gasteiger partial charge in [0, 0.05) is 16.6 Å². The molecule has 5 nitrogen and oxygen atoms in total. The Labute approximate surface area is 160 Å². The normalized spacial score (nSPS) is 11.3. The molecule has 0 saturated heterocycles. The second-order valence-corrected chi connectivity index (χ2v) is 6.47. The molecule has 1 aliphatic heterocycles. The van der Waals surface area contributed by atoms with E-state index in [0.29, 0.717) is 24.7 Å². The van der Waals surface area contributed by atoms with Gasteiger partial charge in [-0.15, -0.1) is 0 Å². The van der Waals surface area contributed by atoms with Crippen molar-refractivity contribution in [2.45, 2.75) is 13.8 Å². The Morgan fingerprint density at radius 3 is 2.44 bits per heavy atom. The van der Waals surface area contributed by atoms with Crippen LogP contribution in [0, 0.1) is 5.82 Å². The zero-order valence-corrected chi connectivity index (χ0v) is 15.7. The van der Waals surface area contributed by atoms with Gasteiger partial charge in [-0.3, -0.25) is 10.2 Å². The van der Waals surface area contributed by atoms with Crippen LogP contribution in [-0.4, -0.2) is 23.4 Å². The summed E-state index contributed by atoms with van der Waals surface area (Å²) in [6.07, 6.45) is 0. The van der Waals surface area contributed by atoms with Crippen LogP contribution in [0.4, 0.5) is 15.9 Å². The Balaban J connectivity index is 1.75. The molecule has 1 aliphatic carbocycles. The molecule has 4 rings (SSSR count). The summed E-state index contributed by atoms with van der Waals surface area (Å²) < 4.78 is 24.8. The van der Waals surface area contributed by atoms with Gasteiger partial charge in [0.2, 0.25) is 0 Å². The number of benzene rings is 2. The number of aromatic nitrogens is 2. The van der Waals surface area contributed by atoms with Crippen molar-refractivity contribution in [3.8, 4) is 22.8 Å². The van der Waals surface area contributed by atoms with Crippen molar-refractivity contribution in [3.05, 3.63) is 47.2 Å². The maximum Gasteiger partial charge on any atom is 0.161 e. The Kier molecular flexibility index (Phi) is 4.58. The third kappa shape index (κ3) is 3.17. The summed E-state index contributed by atoms with van der Waals surface area (Å²) in [6.45, 7) is 5.01. The molecular weight excluding hydrogens is 369 g/mol. The highest BCUT2D eigenvalue weighted by molar-refractivity contribution is 6.31. The van der Waals surface area contributed by atoms with Crippen molar-refractivity contribution >= 4 is 33.9 Å². The minimum Gasteiger partial charge on any atom is -0.490 e. The van der Waals surface area contributed by atoms with Crippen molar-refractivity contribution in [1.82, 2.24) is 10.2 Å². The molecule has 27 heavy (non-hydrogen) atoms. The summed E-state index contributed by atoms with van der Waals surface area (Å²) in [4.78, 5) is 0. The lowest BCUT2D eigenvalue weighted by Gasteiger charge is -2.11. The average Bonchev–Trinajstić information content (AvgIpc) is 3.19. The van der Waals surface area contributed by atoms with Gasteiger partial charge in [-0.2, -0.15) is 0 Å². The molecular formula is C20H19ClFN3O2. The highest BCUT2D eigenvalue weighted by Crippen LogP contribution is 2.43. The molecule has 2 aliphatic rings. The third-order valence-electron chi connectivity index (χ3n) is 4.32. The molecule has 0 atom stereocenters. The van der Waals surface area contributed by atoms with E-state index in [4.69, 9.17) is 21.1 Å². The van der Waals surface area contributed by atoms with Crippen LogP contribution in [0.15, 0.2) is 36.4 Å². The summed E-state index contributed by atoms with van der Waals surface area (Å²) in [5.74, 6) is 1.76. The Bertz CT molecular complexity index is 1070. The van der Waals surface area contributed by atoms with Crippen LogP contribution >= 0.6 is 11.6 Å². The van der Waals surface area contributed by atoms with Gasteiger partial charge in [0.05, 0.1) is 23.9 Å². The Morgan fingerprint density at radius 2 is 1.74 bits per heavy atom. The molecule has 2 aromatic rings. The molecule has 0 saturated carbocycles. The number of anilines is 2. The van der Waals surface area contributed by atoms with Crippen molar-refractivity contribution in [2.75, 3.05) is 18.5 Å². The van der Waals surface area contributed by atoms with Gasteiger partial charge in [0.25, 0.3) is 0 Å². The molecule has 0 fully saturated rings. The summed E-state index contributed by atoms with van der Waals surface area (Å²) in [6, 6.07) is 10.5. The zero-order valence-electron chi connectivity index (χ0n) is 15.0. The van der Waals surface area contributed by atoms with Gasteiger partial charge in [0.1, 0.15) is 11.6 Å². The monoisotopic (exact) mass is 387 g/mol. The van der Waals surface area contributed by atoms with Gasteiger partial charge < -0.3 is 14.8 Å². The zero-order chi connectivity index (χ0) is 19.0. The second kappa shape index (κ2) is 7.04. The van der Waals surface area contributed by atoms with E-state index < -0.39 is 5.82 Å². The first-order valence-corrected chi connectivity index (χ1v) is 9.13. The predicted molar refractivity (Wildman–Crippen MR) is 106 cm³/mol. The van der Waals surface area contributed by atoms with E-state index in [0.717, 1.165) is 33.6 Å². The highest BCUT2D eigenvalue weighted by atomic mass is 35.5. The van der Waals surface area contributed by atoms with E-state index in [2.05, 4.69) is 21.6 Å². The van der Waals surface area contributed by atoms with Crippen LogP contribution in [0.2, 0.25) is 5.02 Å². The highest BCUT2D eigenvalue weighted by Gasteiger charge is 2.20. The fraction of sp³-hybridized carbons (Fsp3) is 0.200. The van der Waals surface area contributed by atoms with Gasteiger partial charge in [-0.25, -0.2) is 4.39 Å². The second-order valence-electron chi connectivity index (χ2n) is 6.06. The largest absolute Gasteiger partial charge is 0.490 e. The lowest BCUT2D eigenvalue weighted by atomic mass is 10.2. The van der Waals surface area contributed by atoms with E-state index in [1.165, 1.54) is 6.07 Å². The summed E-state index contributed by atoms with van der Waals surface area (Å²) in [5, 5.41) is 11.7. The average molecular weight is 388 g/mol. The van der Waals surface area contributed by atoms with Crippen molar-refractivity contribution in [1.29, 1.82) is 0 Å². The van der Waals surface area contributed by atoms with Gasteiger partial charge in [0.15, 0.2) is 11.5 Å². The Morgan fingerprint density at radius 1 is 1.00 bits per heavy atom. The molecule has 1 heterocycles. The van der Waals surface area contributed by atoms with E-state index in [9.17, 15) is 4.39 Å². The molecule has 0 radical (unpaired) electrons. The smallest absolute Gasteiger partial charge is 0.161 e. The first kappa shape index (κ1) is 17.5. The molecule has 140 valence electrons. The number of H-pyrrole nitrogens is 2. The quantitative estimate of drug-likeness (QED) is 0.384. The van der Waals surface area contributed by atoms with Crippen LogP contribution in [0.1, 0.15) is 13.8 Å². The molecule has 3 N–H and O–H groups in total. The summed E-state index contributed by atoms with van der Waals surface area (Å²) in [5.41, 5.74) is 2.61. The van der Waals surface area contributed by atoms with Crippen molar-refractivity contribution in [3.63, 3.8) is 0 Å². The van der Waals surface area contributed by atoms with E-state index in [1.54, 1.807) is 12.1 Å². The fourth-order valence-corrected chi connectivity index (χ4v) is 3.34. The minimum atomic E-state index is -0.448. The topological polar surface area (TPSA) is 62.1 Å². The van der Waals surface area contributed by atoms with E-state index in [-0.39, 0.29) is 5.02 Å². The van der Waals surface area contributed by atoms with Crippen molar-refractivity contribution in [2.24, 2.45) is 0 Å². The first-order valence-electron chi connectivity index (χ1n) is 8.75. The number of fused-ring (bicyclic) bond motifs is 3. The number of hydrogen-bond acceptors (Lipinski definition) is 3.